The molecule has 0 spiro atoms. The molecular formula is C13H19N5O3. The third-order valence-electron chi connectivity index (χ3n) is 3.82. The van der Waals surface area contributed by atoms with Crippen molar-refractivity contribution < 1.29 is 10.2 Å². The number of aliphatic hydroxyl groups excluding tert-OH is 2. The Labute approximate surface area is 121 Å². The zero-order valence-corrected chi connectivity index (χ0v) is 11.5. The van der Waals surface area contributed by atoms with Gasteiger partial charge in [-0.2, -0.15) is 0 Å². The normalized spacial score (nSPS) is 25.8. The number of nitrogen functional groups attached to an aromatic ring is 1. The van der Waals surface area contributed by atoms with Gasteiger partial charge >= 0.3 is 0 Å². The number of hydrogen-bond donors (Lipinski definition) is 5. The van der Waals surface area contributed by atoms with E-state index in [-0.39, 0.29) is 30.1 Å². The van der Waals surface area contributed by atoms with Crippen LogP contribution in [0.25, 0.3) is 0 Å². The first-order valence-electron chi connectivity index (χ1n) is 6.58. The highest BCUT2D eigenvalue weighted by molar-refractivity contribution is 5.60. The van der Waals surface area contributed by atoms with E-state index >= 15 is 0 Å². The first kappa shape index (κ1) is 15.2. The average molecular weight is 293 g/mol. The van der Waals surface area contributed by atoms with Crippen LogP contribution in [0, 0.1) is 11.8 Å². The minimum absolute atomic E-state index is 0.00571. The topological polar surface area (TPSA) is 151 Å². The van der Waals surface area contributed by atoms with E-state index in [2.05, 4.69) is 21.5 Å². The number of anilines is 1. The van der Waals surface area contributed by atoms with Gasteiger partial charge in [0.15, 0.2) is 5.69 Å². The number of rotatable bonds is 4. The standard InChI is InChI=1S/C13H19N5O3/c1-6-7(3-10(20)8(6)4-19)2-9-11(16-5-14)12(21)18-13(15)17-9/h5,7-8,10,19-20H,1-4H2,(H2,14,16)(H3,15,17,18,21)/t7-,8-,10-/m0/s1. The van der Waals surface area contributed by atoms with Crippen molar-refractivity contribution in [3.05, 3.63) is 28.2 Å². The predicted octanol–water partition coefficient (Wildman–Crippen LogP) is -0.941. The van der Waals surface area contributed by atoms with E-state index in [9.17, 15) is 15.0 Å². The second-order valence-electron chi connectivity index (χ2n) is 5.09. The van der Waals surface area contributed by atoms with Crippen LogP contribution in [-0.4, -0.2) is 39.2 Å². The molecule has 0 aliphatic heterocycles. The maximum absolute atomic E-state index is 11.8. The maximum Gasteiger partial charge on any atom is 0.278 e. The molecule has 114 valence electrons. The summed E-state index contributed by atoms with van der Waals surface area (Å²) < 4.78 is 0. The van der Waals surface area contributed by atoms with Gasteiger partial charge in [0.2, 0.25) is 5.95 Å². The minimum atomic E-state index is -0.645. The van der Waals surface area contributed by atoms with Crippen LogP contribution >= 0.6 is 0 Å². The van der Waals surface area contributed by atoms with Crippen molar-refractivity contribution >= 4 is 18.0 Å². The first-order chi connectivity index (χ1) is 9.97. The third-order valence-corrected chi connectivity index (χ3v) is 3.82. The number of aliphatic imine (C=N–C) groups is 1. The molecule has 1 aliphatic carbocycles. The number of H-pyrrole nitrogens is 1. The van der Waals surface area contributed by atoms with Crippen LogP contribution in [0.4, 0.5) is 11.6 Å². The van der Waals surface area contributed by atoms with Crippen LogP contribution < -0.4 is 17.0 Å². The molecule has 7 N–H and O–H groups in total. The highest BCUT2D eigenvalue weighted by Crippen LogP contribution is 2.38. The molecule has 0 bridgehead atoms. The number of aromatic nitrogens is 2. The molecule has 21 heavy (non-hydrogen) atoms. The van der Waals surface area contributed by atoms with Crippen molar-refractivity contribution in [2.24, 2.45) is 22.6 Å². The average Bonchev–Trinajstić information content (AvgIpc) is 2.68. The second-order valence-corrected chi connectivity index (χ2v) is 5.09. The van der Waals surface area contributed by atoms with E-state index in [1.807, 2.05) is 0 Å². The fourth-order valence-corrected chi connectivity index (χ4v) is 2.73. The minimum Gasteiger partial charge on any atom is -0.396 e. The summed E-state index contributed by atoms with van der Waals surface area (Å²) in [5.74, 6) is -0.456. The van der Waals surface area contributed by atoms with Crippen LogP contribution in [-0.2, 0) is 6.42 Å². The third kappa shape index (κ3) is 2.96. The highest BCUT2D eigenvalue weighted by atomic mass is 16.3. The molecule has 1 aromatic heterocycles. The second kappa shape index (κ2) is 6.06. The van der Waals surface area contributed by atoms with Crippen molar-refractivity contribution in [2.45, 2.75) is 18.9 Å². The van der Waals surface area contributed by atoms with Crippen molar-refractivity contribution in [3.8, 4) is 0 Å². The summed E-state index contributed by atoms with van der Waals surface area (Å²) >= 11 is 0. The Balaban J connectivity index is 2.32. The largest absolute Gasteiger partial charge is 0.396 e. The SMILES string of the molecule is C=C1[C@@H](Cc2nc(N)[nH]c(=O)c2N=CN)C[C@H](O)[C@H]1CO. The number of nitrogens with two attached hydrogens (primary N) is 2. The van der Waals surface area contributed by atoms with Crippen molar-refractivity contribution in [1.29, 1.82) is 0 Å². The molecule has 1 aliphatic rings. The molecule has 1 heterocycles. The van der Waals surface area contributed by atoms with Gasteiger partial charge in [0.05, 0.1) is 24.7 Å². The van der Waals surface area contributed by atoms with Gasteiger partial charge in [-0.15, -0.1) is 0 Å². The maximum atomic E-state index is 11.8. The Hall–Kier alpha value is -2.19. The summed E-state index contributed by atoms with van der Waals surface area (Å²) in [5.41, 5.74) is 11.6. The Morgan fingerprint density at radius 1 is 1.57 bits per heavy atom. The summed E-state index contributed by atoms with van der Waals surface area (Å²) in [6.07, 6.45) is 1.17. The Morgan fingerprint density at radius 2 is 2.29 bits per heavy atom. The lowest BCUT2D eigenvalue weighted by molar-refractivity contribution is 0.101. The Morgan fingerprint density at radius 3 is 2.86 bits per heavy atom. The molecular weight excluding hydrogens is 274 g/mol. The zero-order valence-electron chi connectivity index (χ0n) is 11.5. The van der Waals surface area contributed by atoms with E-state index in [1.165, 1.54) is 0 Å². The van der Waals surface area contributed by atoms with E-state index in [1.54, 1.807) is 0 Å². The summed E-state index contributed by atoms with van der Waals surface area (Å²) in [6, 6.07) is 0. The molecule has 8 nitrogen and oxygen atoms in total. The Bertz CT molecular complexity index is 625. The molecule has 3 atom stereocenters. The molecule has 8 heteroatoms. The molecule has 0 unspecified atom stereocenters. The monoisotopic (exact) mass is 293 g/mol. The molecule has 1 saturated carbocycles. The lowest BCUT2D eigenvalue weighted by Gasteiger charge is -2.14. The summed E-state index contributed by atoms with van der Waals surface area (Å²) in [7, 11) is 0. The van der Waals surface area contributed by atoms with E-state index in [0.29, 0.717) is 18.5 Å². The molecule has 0 radical (unpaired) electrons. The molecule has 0 saturated heterocycles. The predicted molar refractivity (Wildman–Crippen MR) is 79.1 cm³/mol. The zero-order chi connectivity index (χ0) is 15.6. The molecule has 1 fully saturated rings. The Kier molecular flexibility index (Phi) is 4.39. The van der Waals surface area contributed by atoms with Gasteiger partial charge in [0, 0.05) is 5.92 Å². The number of aliphatic hydroxyl groups is 2. The lowest BCUT2D eigenvalue weighted by Crippen LogP contribution is -2.17. The fraction of sp³-hybridized carbons (Fsp3) is 0.462. The van der Waals surface area contributed by atoms with Crippen molar-refractivity contribution in [1.82, 2.24) is 9.97 Å². The smallest absolute Gasteiger partial charge is 0.278 e. The molecule has 0 amide bonds. The molecule has 2 rings (SSSR count). The number of hydrogen-bond acceptors (Lipinski definition) is 6. The van der Waals surface area contributed by atoms with Gasteiger partial charge in [-0.1, -0.05) is 12.2 Å². The highest BCUT2D eigenvalue weighted by Gasteiger charge is 2.36. The van der Waals surface area contributed by atoms with Gasteiger partial charge in [-0.3, -0.25) is 9.78 Å². The fourth-order valence-electron chi connectivity index (χ4n) is 2.73. The van der Waals surface area contributed by atoms with Crippen LogP contribution in [0.15, 0.2) is 21.9 Å². The van der Waals surface area contributed by atoms with Gasteiger partial charge in [0.1, 0.15) is 0 Å². The lowest BCUT2D eigenvalue weighted by atomic mass is 9.94. The quantitative estimate of drug-likeness (QED) is 0.274. The van der Waals surface area contributed by atoms with Crippen LogP contribution in [0.1, 0.15) is 12.1 Å². The first-order valence-corrected chi connectivity index (χ1v) is 6.58. The van der Waals surface area contributed by atoms with Crippen LogP contribution in [0.5, 0.6) is 0 Å². The van der Waals surface area contributed by atoms with Gasteiger partial charge in [0.25, 0.3) is 5.56 Å². The van der Waals surface area contributed by atoms with Gasteiger partial charge in [-0.25, -0.2) is 9.98 Å². The number of aromatic amines is 1. The van der Waals surface area contributed by atoms with Gasteiger partial charge in [-0.05, 0) is 18.8 Å². The van der Waals surface area contributed by atoms with Crippen molar-refractivity contribution in [2.75, 3.05) is 12.3 Å². The molecule has 1 aromatic rings. The van der Waals surface area contributed by atoms with Gasteiger partial charge < -0.3 is 21.7 Å². The number of nitrogens with zero attached hydrogens (tertiary/aromatic N) is 2. The van der Waals surface area contributed by atoms with E-state index in [4.69, 9.17) is 11.5 Å². The summed E-state index contributed by atoms with van der Waals surface area (Å²) in [4.78, 5) is 22.1. The summed E-state index contributed by atoms with van der Waals surface area (Å²) in [5, 5.41) is 19.2. The van der Waals surface area contributed by atoms with Crippen LogP contribution in [0.3, 0.4) is 0 Å². The number of nitrogens with one attached hydrogen (secondary N) is 1. The van der Waals surface area contributed by atoms with Crippen LogP contribution in [0.2, 0.25) is 0 Å². The van der Waals surface area contributed by atoms with E-state index < -0.39 is 11.7 Å². The van der Waals surface area contributed by atoms with E-state index in [0.717, 1.165) is 11.9 Å². The van der Waals surface area contributed by atoms with Crippen molar-refractivity contribution in [3.63, 3.8) is 0 Å². The molecule has 0 aromatic carbocycles. The summed E-state index contributed by atoms with van der Waals surface area (Å²) in [6.45, 7) is 3.77.